The van der Waals surface area contributed by atoms with Crippen molar-refractivity contribution in [2.45, 2.75) is 53.5 Å². The molecule has 0 aliphatic heterocycles. The van der Waals surface area contributed by atoms with Gasteiger partial charge in [-0.1, -0.05) is 47.6 Å². The third-order valence-corrected chi connectivity index (χ3v) is 3.13. The summed E-state index contributed by atoms with van der Waals surface area (Å²) < 4.78 is 0. The Balaban J connectivity index is 0.00000172. The van der Waals surface area contributed by atoms with Crippen molar-refractivity contribution in [3.8, 4) is 0 Å². The van der Waals surface area contributed by atoms with Crippen LogP contribution in [-0.2, 0) is 0 Å². The first-order chi connectivity index (χ1) is 9.51. The predicted molar refractivity (Wildman–Crippen MR) is 91.7 cm³/mol. The Labute approximate surface area is 124 Å². The number of aromatic nitrogens is 1. The van der Waals surface area contributed by atoms with Gasteiger partial charge in [-0.25, -0.2) is 4.98 Å². The normalized spacial score (nSPS) is 11.7. The highest BCUT2D eigenvalue weighted by atomic mass is 15.0. The molecule has 1 rings (SSSR count). The van der Waals surface area contributed by atoms with Gasteiger partial charge in [0, 0.05) is 19.3 Å². The minimum Gasteiger partial charge on any atom is -0.375 e. The Morgan fingerprint density at radius 1 is 1.20 bits per heavy atom. The highest BCUT2D eigenvalue weighted by Gasteiger charge is 2.16. The molecule has 0 aliphatic carbocycles. The largest absolute Gasteiger partial charge is 0.375 e. The Hall–Kier alpha value is -1.51. The van der Waals surface area contributed by atoms with Gasteiger partial charge in [-0.2, -0.15) is 0 Å². The van der Waals surface area contributed by atoms with Crippen LogP contribution in [0.5, 0.6) is 0 Å². The molecule has 20 heavy (non-hydrogen) atoms. The molecule has 0 spiro atoms. The molecule has 0 fully saturated rings. The molecule has 3 heteroatoms. The number of hydrogen-bond donors (Lipinski definition) is 2. The first-order valence-corrected chi connectivity index (χ1v) is 7.57. The average molecular weight is 277 g/mol. The lowest BCUT2D eigenvalue weighted by Gasteiger charge is -2.24. The predicted octanol–water partition coefficient (Wildman–Crippen LogP) is 4.90. The Kier molecular flexibility index (Phi) is 8.69. The fraction of sp³-hybridized carbons (Fsp3) is 0.588. The van der Waals surface area contributed by atoms with Crippen LogP contribution in [0.25, 0.3) is 0 Å². The van der Waals surface area contributed by atoms with Gasteiger partial charge in [0.25, 0.3) is 0 Å². The molecule has 1 unspecified atom stereocenters. The molecule has 2 N–H and O–H groups in total. The van der Waals surface area contributed by atoms with E-state index in [4.69, 9.17) is 0 Å². The Bertz CT molecular complexity index is 397. The monoisotopic (exact) mass is 277 g/mol. The van der Waals surface area contributed by atoms with E-state index < -0.39 is 0 Å². The van der Waals surface area contributed by atoms with Crippen LogP contribution in [0.2, 0.25) is 0 Å². The van der Waals surface area contributed by atoms with Crippen LogP contribution in [0.3, 0.4) is 0 Å². The van der Waals surface area contributed by atoms with Crippen molar-refractivity contribution in [3.63, 3.8) is 0 Å². The summed E-state index contributed by atoms with van der Waals surface area (Å²) in [5, 5.41) is 6.71. The van der Waals surface area contributed by atoms with Gasteiger partial charge in [0.05, 0.1) is 5.69 Å². The summed E-state index contributed by atoms with van der Waals surface area (Å²) in [6, 6.07) is 2.33. The van der Waals surface area contributed by atoms with E-state index in [0.29, 0.717) is 11.8 Å². The maximum atomic E-state index is 4.38. The summed E-state index contributed by atoms with van der Waals surface area (Å²) in [6.07, 6.45) is 3.81. The van der Waals surface area contributed by atoms with Crippen LogP contribution < -0.4 is 10.6 Å². The molecule has 1 heterocycles. The van der Waals surface area contributed by atoms with E-state index in [1.165, 1.54) is 5.56 Å². The van der Waals surface area contributed by atoms with Crippen molar-refractivity contribution in [1.82, 2.24) is 4.98 Å². The number of nitrogens with zero attached hydrogens (tertiary/aromatic N) is 1. The third kappa shape index (κ3) is 4.87. The van der Waals surface area contributed by atoms with Gasteiger partial charge < -0.3 is 10.6 Å². The molecular weight excluding hydrogens is 246 g/mol. The van der Waals surface area contributed by atoms with Gasteiger partial charge in [0.2, 0.25) is 0 Å². The van der Waals surface area contributed by atoms with Crippen LogP contribution in [0.1, 0.15) is 53.0 Å². The van der Waals surface area contributed by atoms with Crippen LogP contribution in [0.4, 0.5) is 11.5 Å². The Morgan fingerprint density at radius 3 is 2.20 bits per heavy atom. The quantitative estimate of drug-likeness (QED) is 0.726. The average Bonchev–Trinajstić information content (AvgIpc) is 2.45. The highest BCUT2D eigenvalue weighted by molar-refractivity contribution is 5.69. The number of anilines is 2. The molecule has 0 radical (unpaired) electrons. The molecule has 0 aliphatic rings. The topological polar surface area (TPSA) is 37.0 Å². The second kappa shape index (κ2) is 9.40. The SMILES string of the molecule is C=CC(Nc1c(C(C)C)ccnc1NC)C(C)C.CC. The Morgan fingerprint density at radius 2 is 1.80 bits per heavy atom. The summed E-state index contributed by atoms with van der Waals surface area (Å²) in [5.41, 5.74) is 2.37. The molecule has 1 atom stereocenters. The number of pyridine rings is 1. The lowest BCUT2D eigenvalue weighted by molar-refractivity contribution is 0.600. The zero-order chi connectivity index (χ0) is 15.7. The molecule has 114 valence electrons. The molecule has 0 aromatic carbocycles. The first-order valence-electron chi connectivity index (χ1n) is 7.57. The van der Waals surface area contributed by atoms with Crippen molar-refractivity contribution >= 4 is 11.5 Å². The summed E-state index contributed by atoms with van der Waals surface area (Å²) >= 11 is 0. The summed E-state index contributed by atoms with van der Waals surface area (Å²) in [4.78, 5) is 4.38. The fourth-order valence-electron chi connectivity index (χ4n) is 1.96. The molecule has 1 aromatic rings. The maximum absolute atomic E-state index is 4.38. The molecule has 0 saturated carbocycles. The maximum Gasteiger partial charge on any atom is 0.149 e. The third-order valence-electron chi connectivity index (χ3n) is 3.13. The number of nitrogens with one attached hydrogen (secondary N) is 2. The lowest BCUT2D eigenvalue weighted by Crippen LogP contribution is -2.24. The first kappa shape index (κ1) is 18.5. The van der Waals surface area contributed by atoms with Crippen LogP contribution >= 0.6 is 0 Å². The van der Waals surface area contributed by atoms with Gasteiger partial charge in [-0.3, -0.25) is 0 Å². The molecule has 1 aromatic heterocycles. The fourth-order valence-corrected chi connectivity index (χ4v) is 1.96. The van der Waals surface area contributed by atoms with Crippen molar-refractivity contribution in [3.05, 3.63) is 30.5 Å². The molecule has 0 saturated heterocycles. The minimum atomic E-state index is 0.249. The van der Waals surface area contributed by atoms with E-state index in [2.05, 4.69) is 56.0 Å². The van der Waals surface area contributed by atoms with E-state index in [0.717, 1.165) is 11.5 Å². The van der Waals surface area contributed by atoms with Crippen molar-refractivity contribution in [1.29, 1.82) is 0 Å². The molecular formula is C17H31N3. The standard InChI is InChI=1S/C15H25N3.C2H6/c1-7-13(11(4)5)18-14-12(10(2)3)8-9-17-15(14)16-6;1-2/h7-11,13,18H,1H2,2-6H3,(H,16,17);1-2H3. The lowest BCUT2D eigenvalue weighted by atomic mass is 9.99. The van der Waals surface area contributed by atoms with Crippen molar-refractivity contribution in [2.75, 3.05) is 17.7 Å². The van der Waals surface area contributed by atoms with E-state index >= 15 is 0 Å². The van der Waals surface area contributed by atoms with Crippen LogP contribution in [-0.4, -0.2) is 18.1 Å². The van der Waals surface area contributed by atoms with Crippen LogP contribution in [0.15, 0.2) is 24.9 Å². The molecule has 3 nitrogen and oxygen atoms in total. The van der Waals surface area contributed by atoms with E-state index in [-0.39, 0.29) is 6.04 Å². The van der Waals surface area contributed by atoms with Gasteiger partial charge in [0.1, 0.15) is 5.82 Å². The summed E-state index contributed by atoms with van der Waals surface area (Å²) in [7, 11) is 1.90. The minimum absolute atomic E-state index is 0.249. The second-order valence-corrected chi connectivity index (χ2v) is 5.18. The summed E-state index contributed by atoms with van der Waals surface area (Å²) in [6.45, 7) is 16.7. The van der Waals surface area contributed by atoms with E-state index in [1.54, 1.807) is 0 Å². The zero-order valence-electron chi connectivity index (χ0n) is 14.1. The van der Waals surface area contributed by atoms with Crippen LogP contribution in [0, 0.1) is 5.92 Å². The van der Waals surface area contributed by atoms with Crippen molar-refractivity contribution in [2.24, 2.45) is 5.92 Å². The smallest absolute Gasteiger partial charge is 0.149 e. The van der Waals surface area contributed by atoms with Gasteiger partial charge in [0.15, 0.2) is 0 Å². The van der Waals surface area contributed by atoms with E-state index in [9.17, 15) is 0 Å². The zero-order valence-corrected chi connectivity index (χ0v) is 14.1. The van der Waals surface area contributed by atoms with Crippen molar-refractivity contribution < 1.29 is 0 Å². The van der Waals surface area contributed by atoms with Gasteiger partial charge in [-0.15, -0.1) is 6.58 Å². The number of rotatable bonds is 6. The van der Waals surface area contributed by atoms with Gasteiger partial charge >= 0.3 is 0 Å². The molecule has 0 amide bonds. The van der Waals surface area contributed by atoms with Gasteiger partial charge in [-0.05, 0) is 23.5 Å². The highest BCUT2D eigenvalue weighted by Crippen LogP contribution is 2.30. The summed E-state index contributed by atoms with van der Waals surface area (Å²) in [5.74, 6) is 1.85. The second-order valence-electron chi connectivity index (χ2n) is 5.18. The van der Waals surface area contributed by atoms with E-state index in [1.807, 2.05) is 33.2 Å². The molecule has 0 bridgehead atoms. The number of hydrogen-bond acceptors (Lipinski definition) is 3.